The summed E-state index contributed by atoms with van der Waals surface area (Å²) in [4.78, 5) is 15.3. The summed E-state index contributed by atoms with van der Waals surface area (Å²) in [6.07, 6.45) is 0. The number of methoxy groups -OCH3 is 1. The number of hydrogen-bond acceptors (Lipinski definition) is 3. The summed E-state index contributed by atoms with van der Waals surface area (Å²) in [5.41, 5.74) is 4.98. The van der Waals surface area contributed by atoms with Gasteiger partial charge < -0.3 is 4.74 Å². The van der Waals surface area contributed by atoms with Gasteiger partial charge in [0.15, 0.2) is 0 Å². The van der Waals surface area contributed by atoms with Crippen LogP contribution in [-0.2, 0) is 0 Å². The van der Waals surface area contributed by atoms with Gasteiger partial charge in [0.25, 0.3) is 5.91 Å². The fourth-order valence-electron chi connectivity index (χ4n) is 3.93. The second kappa shape index (κ2) is 7.46. The normalized spacial score (nSPS) is 15.3. The molecular weight excluding hydrogens is 442 g/mol. The van der Waals surface area contributed by atoms with Crippen molar-refractivity contribution < 1.29 is 9.53 Å². The van der Waals surface area contributed by atoms with Gasteiger partial charge in [-0.1, -0.05) is 46.3 Å². The monoisotopic (exact) mass is 459 g/mol. The molecule has 0 aliphatic carbocycles. The minimum absolute atomic E-state index is 0.0867. The summed E-state index contributed by atoms with van der Waals surface area (Å²) in [5, 5.41) is 7.51. The number of carbonyl (C=O) groups excluding carboxylic acids is 1. The number of rotatable bonds is 4. The molecule has 0 spiro atoms. The minimum Gasteiger partial charge on any atom is -0.497 e. The van der Waals surface area contributed by atoms with E-state index in [9.17, 15) is 4.79 Å². The van der Waals surface area contributed by atoms with E-state index in [2.05, 4.69) is 26.1 Å². The Bertz CT molecular complexity index is 1200. The van der Waals surface area contributed by atoms with Crippen LogP contribution in [0.1, 0.15) is 27.7 Å². The molecule has 1 unspecified atom stereocenters. The smallest absolute Gasteiger partial charge is 0.277 e. The number of nitrogens with zero attached hydrogens (tertiary/aromatic N) is 2. The summed E-state index contributed by atoms with van der Waals surface area (Å²) in [5.74, 6) is 0.689. The standard InChI is InChI=1S/C24H18BrN3O2/c1-30-19-13-9-15(10-14-19)21-20-22(27-26-21)24(29)28(18-5-3-2-4-6-18)23(20)16-7-11-17(25)12-8-16/h2-14,23H,1H3,(H,26,27). The molecule has 5 nitrogen and oxygen atoms in total. The Morgan fingerprint density at radius 2 is 1.67 bits per heavy atom. The van der Waals surface area contributed by atoms with Crippen LogP contribution in [-0.4, -0.2) is 23.2 Å². The van der Waals surface area contributed by atoms with Crippen molar-refractivity contribution in [3.8, 4) is 17.0 Å². The maximum absolute atomic E-state index is 13.4. The second-order valence-electron chi connectivity index (χ2n) is 7.05. The Kier molecular flexibility index (Phi) is 4.64. The van der Waals surface area contributed by atoms with E-state index in [0.29, 0.717) is 5.69 Å². The quantitative estimate of drug-likeness (QED) is 0.432. The molecule has 1 aliphatic rings. The first-order valence-corrected chi connectivity index (χ1v) is 10.3. The van der Waals surface area contributed by atoms with Crippen molar-refractivity contribution in [3.05, 3.63) is 100 Å². The Hall–Kier alpha value is -3.38. The van der Waals surface area contributed by atoms with E-state index < -0.39 is 0 Å². The average molecular weight is 460 g/mol. The second-order valence-corrected chi connectivity index (χ2v) is 7.97. The van der Waals surface area contributed by atoms with Gasteiger partial charge in [0.05, 0.1) is 18.8 Å². The average Bonchev–Trinajstić information content (AvgIpc) is 3.34. The highest BCUT2D eigenvalue weighted by atomic mass is 79.9. The highest BCUT2D eigenvalue weighted by Gasteiger charge is 2.42. The van der Waals surface area contributed by atoms with E-state index >= 15 is 0 Å². The zero-order valence-corrected chi connectivity index (χ0v) is 17.8. The summed E-state index contributed by atoms with van der Waals surface area (Å²) in [6, 6.07) is 25.2. The number of aromatic nitrogens is 2. The van der Waals surface area contributed by atoms with Crippen molar-refractivity contribution in [2.45, 2.75) is 6.04 Å². The van der Waals surface area contributed by atoms with E-state index in [1.807, 2.05) is 83.8 Å². The third-order valence-corrected chi connectivity index (χ3v) is 5.88. The molecule has 30 heavy (non-hydrogen) atoms. The molecule has 3 aromatic carbocycles. The predicted octanol–water partition coefficient (Wildman–Crippen LogP) is 5.60. The molecule has 1 atom stereocenters. The third-order valence-electron chi connectivity index (χ3n) is 5.35. The van der Waals surface area contributed by atoms with Crippen LogP contribution in [0.2, 0.25) is 0 Å². The molecule has 1 N–H and O–H groups in total. The van der Waals surface area contributed by atoms with Gasteiger partial charge >= 0.3 is 0 Å². The van der Waals surface area contributed by atoms with Gasteiger partial charge in [0.1, 0.15) is 11.4 Å². The SMILES string of the molecule is COc1ccc(-c2n[nH]c3c2C(c2ccc(Br)cc2)N(c2ccccc2)C3=O)cc1. The lowest BCUT2D eigenvalue weighted by Gasteiger charge is -2.26. The van der Waals surface area contributed by atoms with Crippen molar-refractivity contribution in [1.82, 2.24) is 10.2 Å². The first-order chi connectivity index (χ1) is 14.7. The molecule has 4 aromatic rings. The van der Waals surface area contributed by atoms with Gasteiger partial charge in [-0.05, 0) is 54.1 Å². The molecule has 148 valence electrons. The van der Waals surface area contributed by atoms with Gasteiger partial charge in [0, 0.05) is 21.3 Å². The number of hydrogen-bond donors (Lipinski definition) is 1. The molecule has 1 aliphatic heterocycles. The van der Waals surface area contributed by atoms with E-state index in [4.69, 9.17) is 4.74 Å². The van der Waals surface area contributed by atoms with Crippen molar-refractivity contribution in [1.29, 1.82) is 0 Å². The van der Waals surface area contributed by atoms with Crippen molar-refractivity contribution in [2.24, 2.45) is 0 Å². The number of carbonyl (C=O) groups is 1. The van der Waals surface area contributed by atoms with Crippen molar-refractivity contribution in [3.63, 3.8) is 0 Å². The van der Waals surface area contributed by atoms with Crippen LogP contribution in [0.15, 0.2) is 83.3 Å². The van der Waals surface area contributed by atoms with Crippen LogP contribution in [0.5, 0.6) is 5.75 Å². The van der Waals surface area contributed by atoms with Gasteiger partial charge in [-0.3, -0.25) is 14.8 Å². The molecule has 0 saturated heterocycles. The Labute approximate surface area is 182 Å². The summed E-state index contributed by atoms with van der Waals surface area (Å²) in [7, 11) is 1.64. The van der Waals surface area contributed by atoms with E-state index in [0.717, 1.165) is 38.3 Å². The van der Waals surface area contributed by atoms with Crippen molar-refractivity contribution >= 4 is 27.5 Å². The van der Waals surface area contributed by atoms with E-state index in [1.54, 1.807) is 7.11 Å². The number of nitrogens with one attached hydrogen (secondary N) is 1. The Morgan fingerprint density at radius 3 is 2.33 bits per heavy atom. The highest BCUT2D eigenvalue weighted by molar-refractivity contribution is 9.10. The zero-order chi connectivity index (χ0) is 20.7. The van der Waals surface area contributed by atoms with Crippen LogP contribution < -0.4 is 9.64 Å². The predicted molar refractivity (Wildman–Crippen MR) is 120 cm³/mol. The van der Waals surface area contributed by atoms with Crippen LogP contribution >= 0.6 is 15.9 Å². The molecule has 2 heterocycles. The largest absolute Gasteiger partial charge is 0.497 e. The Balaban J connectivity index is 1.70. The summed E-state index contributed by atoms with van der Waals surface area (Å²) in [6.45, 7) is 0. The maximum Gasteiger partial charge on any atom is 0.277 e. The summed E-state index contributed by atoms with van der Waals surface area (Å²) >= 11 is 3.50. The molecule has 1 amide bonds. The number of ether oxygens (including phenoxy) is 1. The number of anilines is 1. The molecule has 0 radical (unpaired) electrons. The zero-order valence-electron chi connectivity index (χ0n) is 16.2. The number of amides is 1. The number of benzene rings is 3. The number of para-hydroxylation sites is 1. The molecule has 0 fully saturated rings. The topological polar surface area (TPSA) is 58.2 Å². The van der Waals surface area contributed by atoms with Crippen LogP contribution in [0.4, 0.5) is 5.69 Å². The lowest BCUT2D eigenvalue weighted by Crippen LogP contribution is -2.29. The van der Waals surface area contributed by atoms with Gasteiger partial charge in [-0.25, -0.2) is 0 Å². The molecular formula is C24H18BrN3O2. The van der Waals surface area contributed by atoms with Gasteiger partial charge in [-0.2, -0.15) is 5.10 Å². The molecule has 0 saturated carbocycles. The lowest BCUT2D eigenvalue weighted by molar-refractivity contribution is 0.0989. The number of aromatic amines is 1. The lowest BCUT2D eigenvalue weighted by atomic mass is 9.96. The Morgan fingerprint density at radius 1 is 0.967 bits per heavy atom. The van der Waals surface area contributed by atoms with Crippen LogP contribution in [0, 0.1) is 0 Å². The maximum atomic E-state index is 13.4. The van der Waals surface area contributed by atoms with Crippen LogP contribution in [0.3, 0.4) is 0 Å². The van der Waals surface area contributed by atoms with E-state index in [-0.39, 0.29) is 11.9 Å². The highest BCUT2D eigenvalue weighted by Crippen LogP contribution is 2.45. The van der Waals surface area contributed by atoms with Gasteiger partial charge in [-0.15, -0.1) is 0 Å². The van der Waals surface area contributed by atoms with E-state index in [1.165, 1.54) is 0 Å². The number of fused-ring (bicyclic) bond motifs is 1. The molecule has 6 heteroatoms. The fourth-order valence-corrected chi connectivity index (χ4v) is 4.20. The fraction of sp³-hybridized carbons (Fsp3) is 0.0833. The minimum atomic E-state index is -0.279. The molecule has 0 bridgehead atoms. The first kappa shape index (κ1) is 18.6. The summed E-state index contributed by atoms with van der Waals surface area (Å²) < 4.78 is 6.27. The molecule has 5 rings (SSSR count). The first-order valence-electron chi connectivity index (χ1n) is 9.54. The number of H-pyrrole nitrogens is 1. The molecule has 1 aromatic heterocycles. The van der Waals surface area contributed by atoms with Crippen molar-refractivity contribution in [2.75, 3.05) is 12.0 Å². The number of halogens is 1. The van der Waals surface area contributed by atoms with Crippen LogP contribution in [0.25, 0.3) is 11.3 Å². The third kappa shape index (κ3) is 3.00. The van der Waals surface area contributed by atoms with Gasteiger partial charge in [0.2, 0.25) is 0 Å².